The molecule has 0 saturated heterocycles. The molecule has 2 atom stereocenters. The minimum Gasteiger partial charge on any atom is -0.311 e. The zero-order valence-corrected chi connectivity index (χ0v) is 11.0. The lowest BCUT2D eigenvalue weighted by Gasteiger charge is -2.19. The van der Waals surface area contributed by atoms with Gasteiger partial charge >= 0.3 is 0 Å². The molecule has 2 rings (SSSR count). The summed E-state index contributed by atoms with van der Waals surface area (Å²) in [6, 6.07) is 7.95. The smallest absolute Gasteiger partial charge is 0.285 e. The molecule has 18 heavy (non-hydrogen) atoms. The molecule has 1 aromatic carbocycles. The Morgan fingerprint density at radius 3 is 2.56 bits per heavy atom. The molecule has 100 valence electrons. The van der Waals surface area contributed by atoms with Crippen LogP contribution in [-0.2, 0) is 5.92 Å². The fraction of sp³-hybridized carbons (Fsp3) is 0.571. The highest BCUT2D eigenvalue weighted by molar-refractivity contribution is 6.20. The molecule has 0 aromatic heterocycles. The summed E-state index contributed by atoms with van der Waals surface area (Å²) in [6.07, 6.45) is 2.98. The van der Waals surface area contributed by atoms with Gasteiger partial charge in [-0.15, -0.1) is 11.6 Å². The van der Waals surface area contributed by atoms with Gasteiger partial charge in [-0.2, -0.15) is 8.78 Å². The first-order valence-corrected chi connectivity index (χ1v) is 6.80. The molecule has 0 aliphatic heterocycles. The third-order valence-electron chi connectivity index (χ3n) is 3.45. The summed E-state index contributed by atoms with van der Waals surface area (Å²) < 4.78 is 27.6. The number of nitrogens with one attached hydrogen (secondary N) is 1. The molecule has 0 spiro atoms. The Bertz CT molecular complexity index is 369. The highest BCUT2D eigenvalue weighted by Crippen LogP contribution is 2.30. The van der Waals surface area contributed by atoms with Crippen LogP contribution in [0.2, 0.25) is 0 Å². The number of hydrogen-bond acceptors (Lipinski definition) is 1. The molecular weight excluding hydrogens is 256 g/mol. The van der Waals surface area contributed by atoms with Gasteiger partial charge in [0.1, 0.15) is 0 Å². The first kappa shape index (κ1) is 13.8. The summed E-state index contributed by atoms with van der Waals surface area (Å²) >= 11 is 6.00. The van der Waals surface area contributed by atoms with Crippen molar-refractivity contribution in [3.63, 3.8) is 0 Å². The summed E-state index contributed by atoms with van der Waals surface area (Å²) in [7, 11) is 0. The fourth-order valence-corrected chi connectivity index (χ4v) is 2.79. The van der Waals surface area contributed by atoms with Crippen LogP contribution in [-0.4, -0.2) is 18.5 Å². The van der Waals surface area contributed by atoms with Crippen LogP contribution >= 0.6 is 11.6 Å². The monoisotopic (exact) mass is 273 g/mol. The second kappa shape index (κ2) is 5.98. The summed E-state index contributed by atoms with van der Waals surface area (Å²) in [5.74, 6) is -2.36. The van der Waals surface area contributed by atoms with Gasteiger partial charge in [-0.05, 0) is 31.7 Å². The molecule has 1 aromatic rings. The SMILES string of the molecule is FC(F)(CNCC1CCC(Cl)C1)c1ccccc1. The number of halogens is 3. The standard InChI is InChI=1S/C14H18ClF2N/c15-13-7-6-11(8-13)9-18-10-14(16,17)12-4-2-1-3-5-12/h1-5,11,13,18H,6-10H2. The maximum Gasteiger partial charge on any atom is 0.285 e. The van der Waals surface area contributed by atoms with E-state index in [-0.39, 0.29) is 17.5 Å². The summed E-state index contributed by atoms with van der Waals surface area (Å²) in [4.78, 5) is 0. The summed E-state index contributed by atoms with van der Waals surface area (Å²) in [6.45, 7) is 0.326. The highest BCUT2D eigenvalue weighted by atomic mass is 35.5. The number of hydrogen-bond donors (Lipinski definition) is 1. The van der Waals surface area contributed by atoms with E-state index in [9.17, 15) is 8.78 Å². The minimum atomic E-state index is -2.81. The van der Waals surface area contributed by atoms with Gasteiger partial charge in [0.2, 0.25) is 0 Å². The second-order valence-corrected chi connectivity index (χ2v) is 5.59. The third kappa shape index (κ3) is 3.66. The zero-order valence-electron chi connectivity index (χ0n) is 10.2. The van der Waals surface area contributed by atoms with Crippen LogP contribution in [0.25, 0.3) is 0 Å². The van der Waals surface area contributed by atoms with Crippen molar-refractivity contribution < 1.29 is 8.78 Å². The van der Waals surface area contributed by atoms with E-state index in [0.717, 1.165) is 19.3 Å². The van der Waals surface area contributed by atoms with E-state index in [1.54, 1.807) is 18.2 Å². The van der Waals surface area contributed by atoms with E-state index < -0.39 is 5.92 Å². The summed E-state index contributed by atoms with van der Waals surface area (Å²) in [5, 5.41) is 3.11. The van der Waals surface area contributed by atoms with Crippen molar-refractivity contribution in [2.24, 2.45) is 5.92 Å². The maximum absolute atomic E-state index is 13.8. The molecular formula is C14H18ClF2N. The third-order valence-corrected chi connectivity index (χ3v) is 3.85. The Balaban J connectivity index is 1.79. The molecule has 1 nitrogen and oxygen atoms in total. The van der Waals surface area contributed by atoms with Crippen molar-refractivity contribution in [1.29, 1.82) is 0 Å². The van der Waals surface area contributed by atoms with Crippen molar-refractivity contribution in [3.05, 3.63) is 35.9 Å². The Morgan fingerprint density at radius 2 is 1.94 bits per heavy atom. The second-order valence-electron chi connectivity index (χ2n) is 4.98. The quantitative estimate of drug-likeness (QED) is 0.805. The Hall–Kier alpha value is -0.670. The average molecular weight is 274 g/mol. The van der Waals surface area contributed by atoms with E-state index in [1.165, 1.54) is 12.1 Å². The van der Waals surface area contributed by atoms with Gasteiger partial charge in [-0.25, -0.2) is 0 Å². The molecule has 1 saturated carbocycles. The average Bonchev–Trinajstić information content (AvgIpc) is 2.76. The van der Waals surface area contributed by atoms with Crippen molar-refractivity contribution >= 4 is 11.6 Å². The molecule has 0 heterocycles. The van der Waals surface area contributed by atoms with E-state index in [2.05, 4.69) is 5.32 Å². The van der Waals surface area contributed by atoms with Crippen molar-refractivity contribution in [3.8, 4) is 0 Å². The lowest BCUT2D eigenvalue weighted by Crippen LogP contribution is -2.33. The zero-order chi connectivity index (χ0) is 13.0. The molecule has 0 radical (unpaired) electrons. The Labute approximate surface area is 112 Å². The van der Waals surface area contributed by atoms with Crippen LogP contribution < -0.4 is 5.32 Å². The van der Waals surface area contributed by atoms with Gasteiger partial charge in [-0.1, -0.05) is 30.3 Å². The molecule has 0 bridgehead atoms. The Morgan fingerprint density at radius 1 is 1.22 bits per heavy atom. The lowest BCUT2D eigenvalue weighted by molar-refractivity contribution is -0.00375. The molecule has 2 unspecified atom stereocenters. The van der Waals surface area contributed by atoms with Crippen LogP contribution in [0, 0.1) is 5.92 Å². The van der Waals surface area contributed by atoms with Gasteiger partial charge in [0.25, 0.3) is 5.92 Å². The van der Waals surface area contributed by atoms with E-state index in [0.29, 0.717) is 12.5 Å². The largest absolute Gasteiger partial charge is 0.311 e. The van der Waals surface area contributed by atoms with Gasteiger partial charge in [0, 0.05) is 10.9 Å². The van der Waals surface area contributed by atoms with E-state index in [4.69, 9.17) is 11.6 Å². The fourth-order valence-electron chi connectivity index (χ4n) is 2.42. The number of benzene rings is 1. The van der Waals surface area contributed by atoms with Gasteiger partial charge in [0.15, 0.2) is 0 Å². The van der Waals surface area contributed by atoms with Crippen molar-refractivity contribution in [1.82, 2.24) is 5.32 Å². The Kier molecular flexibility index (Phi) is 4.57. The molecule has 4 heteroatoms. The van der Waals surface area contributed by atoms with Crippen LogP contribution in [0.1, 0.15) is 24.8 Å². The van der Waals surface area contributed by atoms with E-state index in [1.807, 2.05) is 0 Å². The maximum atomic E-state index is 13.8. The summed E-state index contributed by atoms with van der Waals surface area (Å²) in [5.41, 5.74) is 0.0686. The predicted octanol–water partition coefficient (Wildman–Crippen LogP) is 3.78. The predicted molar refractivity (Wildman–Crippen MR) is 70.2 cm³/mol. The van der Waals surface area contributed by atoms with Gasteiger partial charge in [-0.3, -0.25) is 0 Å². The van der Waals surface area contributed by atoms with Gasteiger partial charge < -0.3 is 5.32 Å². The molecule has 1 aliphatic rings. The van der Waals surface area contributed by atoms with Crippen molar-refractivity contribution in [2.75, 3.05) is 13.1 Å². The lowest BCUT2D eigenvalue weighted by atomic mass is 10.1. The van der Waals surface area contributed by atoms with Gasteiger partial charge in [0.05, 0.1) is 6.54 Å². The number of rotatable bonds is 5. The highest BCUT2D eigenvalue weighted by Gasteiger charge is 2.31. The molecule has 1 fully saturated rings. The topological polar surface area (TPSA) is 12.0 Å². The van der Waals surface area contributed by atoms with Crippen molar-refractivity contribution in [2.45, 2.75) is 30.6 Å². The van der Waals surface area contributed by atoms with Crippen LogP contribution in [0.5, 0.6) is 0 Å². The first-order valence-electron chi connectivity index (χ1n) is 6.36. The van der Waals surface area contributed by atoms with Crippen LogP contribution in [0.15, 0.2) is 30.3 Å². The molecule has 1 aliphatic carbocycles. The first-order chi connectivity index (χ1) is 8.58. The number of alkyl halides is 3. The minimum absolute atomic E-state index is 0.0686. The normalized spacial score (nSPS) is 24.4. The van der Waals surface area contributed by atoms with Crippen LogP contribution in [0.4, 0.5) is 8.78 Å². The van der Waals surface area contributed by atoms with Crippen LogP contribution in [0.3, 0.4) is 0 Å². The molecule has 0 amide bonds. The van der Waals surface area contributed by atoms with E-state index >= 15 is 0 Å². The molecule has 1 N–H and O–H groups in total.